The lowest BCUT2D eigenvalue weighted by molar-refractivity contribution is -0.115. The van der Waals surface area contributed by atoms with Crippen molar-refractivity contribution in [2.24, 2.45) is 10.7 Å². The molecule has 1 aliphatic rings. The van der Waals surface area contributed by atoms with Gasteiger partial charge in [-0.05, 0) is 19.8 Å². The zero-order valence-electron chi connectivity index (χ0n) is 9.38. The Morgan fingerprint density at radius 2 is 2.27 bits per heavy atom. The van der Waals surface area contributed by atoms with Gasteiger partial charge in [-0.2, -0.15) is 0 Å². The van der Waals surface area contributed by atoms with E-state index in [0.29, 0.717) is 30.8 Å². The molecule has 0 radical (unpaired) electrons. The molecule has 0 spiro atoms. The summed E-state index contributed by atoms with van der Waals surface area (Å²) in [6.07, 6.45) is 2.25. The van der Waals surface area contributed by atoms with E-state index < -0.39 is 0 Å². The van der Waals surface area contributed by atoms with Crippen LogP contribution >= 0.6 is 0 Å². The fourth-order valence-electron chi connectivity index (χ4n) is 1.69. The van der Waals surface area contributed by atoms with Crippen LogP contribution in [0.3, 0.4) is 0 Å². The number of ketones is 1. The van der Waals surface area contributed by atoms with Crippen molar-refractivity contribution in [3.63, 3.8) is 0 Å². The molecule has 0 aromatic heterocycles. The van der Waals surface area contributed by atoms with E-state index in [2.05, 4.69) is 4.99 Å². The molecule has 0 unspecified atom stereocenters. The Labute approximate surface area is 90.2 Å². The minimum Gasteiger partial charge on any atom is -0.401 e. The van der Waals surface area contributed by atoms with Crippen molar-refractivity contribution in [1.29, 1.82) is 0 Å². The monoisotopic (exact) mass is 210 g/mol. The minimum atomic E-state index is 0.123. The minimum absolute atomic E-state index is 0.123. The Morgan fingerprint density at radius 3 is 2.87 bits per heavy atom. The van der Waals surface area contributed by atoms with Gasteiger partial charge in [0, 0.05) is 24.9 Å². The summed E-state index contributed by atoms with van der Waals surface area (Å²) < 4.78 is 4.89. The number of carbonyl (C=O) groups is 1. The van der Waals surface area contributed by atoms with Crippen LogP contribution in [0.4, 0.5) is 0 Å². The summed E-state index contributed by atoms with van der Waals surface area (Å²) in [5.74, 6) is 0.123. The van der Waals surface area contributed by atoms with Gasteiger partial charge in [0.2, 0.25) is 0 Å². The number of nitrogens with zero attached hydrogens (tertiary/aromatic N) is 1. The van der Waals surface area contributed by atoms with Crippen LogP contribution in [0.5, 0.6) is 0 Å². The summed E-state index contributed by atoms with van der Waals surface area (Å²) >= 11 is 0. The van der Waals surface area contributed by atoms with Crippen LogP contribution in [-0.2, 0) is 9.53 Å². The van der Waals surface area contributed by atoms with Gasteiger partial charge < -0.3 is 10.5 Å². The summed E-state index contributed by atoms with van der Waals surface area (Å²) in [5.41, 5.74) is 7.89. The quantitative estimate of drug-likeness (QED) is 0.557. The SMILES string of the molecule is COCCN=C(C)C1=C(N)CCCC1=O. The lowest BCUT2D eigenvalue weighted by Crippen LogP contribution is -2.21. The van der Waals surface area contributed by atoms with Crippen LogP contribution in [0.15, 0.2) is 16.3 Å². The maximum atomic E-state index is 11.6. The number of carbonyl (C=O) groups excluding carboxylic acids is 1. The predicted octanol–water partition coefficient (Wildman–Crippen LogP) is 1.06. The highest BCUT2D eigenvalue weighted by Gasteiger charge is 2.20. The molecule has 0 amide bonds. The molecule has 0 saturated heterocycles. The number of aliphatic imine (C=N–C) groups is 1. The highest BCUT2D eigenvalue weighted by Crippen LogP contribution is 2.19. The fourth-order valence-corrected chi connectivity index (χ4v) is 1.69. The maximum absolute atomic E-state index is 11.6. The Morgan fingerprint density at radius 1 is 1.53 bits per heavy atom. The first-order chi connectivity index (χ1) is 7.16. The molecule has 0 aliphatic heterocycles. The van der Waals surface area contributed by atoms with Gasteiger partial charge in [0.1, 0.15) is 0 Å². The van der Waals surface area contributed by atoms with Crippen molar-refractivity contribution < 1.29 is 9.53 Å². The fraction of sp³-hybridized carbons (Fsp3) is 0.636. The molecular weight excluding hydrogens is 192 g/mol. The van der Waals surface area contributed by atoms with E-state index in [1.807, 2.05) is 6.92 Å². The second-order valence-corrected chi connectivity index (χ2v) is 3.64. The number of ether oxygens (including phenoxy) is 1. The summed E-state index contributed by atoms with van der Waals surface area (Å²) in [6.45, 7) is 2.98. The van der Waals surface area contributed by atoms with E-state index in [4.69, 9.17) is 10.5 Å². The molecule has 0 atom stereocenters. The van der Waals surface area contributed by atoms with Crippen molar-refractivity contribution in [1.82, 2.24) is 0 Å². The number of hydrogen-bond donors (Lipinski definition) is 1. The van der Waals surface area contributed by atoms with Crippen molar-refractivity contribution in [3.8, 4) is 0 Å². The van der Waals surface area contributed by atoms with Crippen LogP contribution in [-0.4, -0.2) is 31.8 Å². The molecular formula is C11H18N2O2. The van der Waals surface area contributed by atoms with E-state index in [-0.39, 0.29) is 5.78 Å². The van der Waals surface area contributed by atoms with E-state index in [9.17, 15) is 4.79 Å². The third-order valence-electron chi connectivity index (χ3n) is 2.46. The molecule has 0 fully saturated rings. The van der Waals surface area contributed by atoms with E-state index in [1.165, 1.54) is 0 Å². The molecule has 0 bridgehead atoms. The normalized spacial score (nSPS) is 18.5. The molecule has 0 saturated carbocycles. The first-order valence-electron chi connectivity index (χ1n) is 5.19. The van der Waals surface area contributed by atoms with Crippen molar-refractivity contribution in [2.75, 3.05) is 20.3 Å². The molecule has 84 valence electrons. The number of methoxy groups -OCH3 is 1. The van der Waals surface area contributed by atoms with Crippen LogP contribution in [0.25, 0.3) is 0 Å². The molecule has 1 rings (SSSR count). The Bertz CT molecular complexity index is 306. The zero-order valence-corrected chi connectivity index (χ0v) is 9.38. The average molecular weight is 210 g/mol. The molecule has 1 aliphatic carbocycles. The third kappa shape index (κ3) is 3.16. The molecule has 15 heavy (non-hydrogen) atoms. The van der Waals surface area contributed by atoms with Gasteiger partial charge in [0.05, 0.1) is 18.7 Å². The Balaban J connectivity index is 2.75. The van der Waals surface area contributed by atoms with Gasteiger partial charge >= 0.3 is 0 Å². The highest BCUT2D eigenvalue weighted by atomic mass is 16.5. The van der Waals surface area contributed by atoms with Gasteiger partial charge in [-0.15, -0.1) is 0 Å². The van der Waals surface area contributed by atoms with Crippen LogP contribution < -0.4 is 5.73 Å². The van der Waals surface area contributed by atoms with Crippen molar-refractivity contribution in [3.05, 3.63) is 11.3 Å². The number of nitrogens with two attached hydrogens (primary N) is 1. The van der Waals surface area contributed by atoms with Crippen molar-refractivity contribution in [2.45, 2.75) is 26.2 Å². The summed E-state index contributed by atoms with van der Waals surface area (Å²) in [7, 11) is 1.63. The highest BCUT2D eigenvalue weighted by molar-refractivity contribution is 6.22. The lowest BCUT2D eigenvalue weighted by atomic mass is 9.92. The first kappa shape index (κ1) is 11.9. The second kappa shape index (κ2) is 5.66. The molecule has 0 heterocycles. The van der Waals surface area contributed by atoms with Crippen LogP contribution in [0.1, 0.15) is 26.2 Å². The average Bonchev–Trinajstić information content (AvgIpc) is 2.18. The predicted molar refractivity (Wildman–Crippen MR) is 59.9 cm³/mol. The number of allylic oxidation sites excluding steroid dienone is 2. The largest absolute Gasteiger partial charge is 0.401 e. The van der Waals surface area contributed by atoms with E-state index in [0.717, 1.165) is 18.6 Å². The second-order valence-electron chi connectivity index (χ2n) is 3.64. The topological polar surface area (TPSA) is 64.7 Å². The summed E-state index contributed by atoms with van der Waals surface area (Å²) in [6, 6.07) is 0. The molecule has 2 N–H and O–H groups in total. The van der Waals surface area contributed by atoms with E-state index in [1.54, 1.807) is 7.11 Å². The lowest BCUT2D eigenvalue weighted by Gasteiger charge is -2.15. The number of Topliss-reactive ketones (excluding diaryl/α,β-unsaturated/α-hetero) is 1. The van der Waals surface area contributed by atoms with Crippen molar-refractivity contribution >= 4 is 11.5 Å². The molecule has 4 nitrogen and oxygen atoms in total. The Hall–Kier alpha value is -1.16. The zero-order chi connectivity index (χ0) is 11.3. The molecule has 0 aromatic carbocycles. The van der Waals surface area contributed by atoms with Gasteiger partial charge in [0.15, 0.2) is 5.78 Å². The van der Waals surface area contributed by atoms with Gasteiger partial charge in [0.25, 0.3) is 0 Å². The summed E-state index contributed by atoms with van der Waals surface area (Å²) in [5, 5.41) is 0. The maximum Gasteiger partial charge on any atom is 0.166 e. The van der Waals surface area contributed by atoms with Gasteiger partial charge in [-0.1, -0.05) is 0 Å². The first-order valence-corrected chi connectivity index (χ1v) is 5.19. The van der Waals surface area contributed by atoms with Crippen LogP contribution in [0.2, 0.25) is 0 Å². The summed E-state index contributed by atoms with van der Waals surface area (Å²) in [4.78, 5) is 15.9. The Kier molecular flexibility index (Phi) is 4.49. The standard InChI is InChI=1S/C11H18N2O2/c1-8(13-6-7-15-2)11-9(12)4-3-5-10(11)14/h3-7,12H2,1-2H3. The number of hydrogen-bond acceptors (Lipinski definition) is 4. The third-order valence-corrected chi connectivity index (χ3v) is 2.46. The van der Waals surface area contributed by atoms with Gasteiger partial charge in [-0.25, -0.2) is 0 Å². The van der Waals surface area contributed by atoms with Crippen LogP contribution in [0, 0.1) is 0 Å². The smallest absolute Gasteiger partial charge is 0.166 e. The molecule has 4 heteroatoms. The number of rotatable bonds is 4. The van der Waals surface area contributed by atoms with E-state index >= 15 is 0 Å². The molecule has 0 aromatic rings. The van der Waals surface area contributed by atoms with Gasteiger partial charge in [-0.3, -0.25) is 9.79 Å².